The van der Waals surface area contributed by atoms with Gasteiger partial charge in [0.1, 0.15) is 12.6 Å². The van der Waals surface area contributed by atoms with Crippen LogP contribution < -0.4 is 5.32 Å². The first-order valence-corrected chi connectivity index (χ1v) is 7.21. The summed E-state index contributed by atoms with van der Waals surface area (Å²) in [4.78, 5) is 38.4. The molecule has 2 rings (SSSR count). The summed E-state index contributed by atoms with van der Waals surface area (Å²) in [6.45, 7) is 2.99. The number of rotatable bonds is 3. The molecule has 0 saturated carbocycles. The molecule has 2 aliphatic rings. The lowest BCUT2D eigenvalue weighted by atomic mass is 10.1. The number of carbonyl (C=O) groups excluding carboxylic acids is 3. The Kier molecular flexibility index (Phi) is 4.11. The zero-order valence-corrected chi connectivity index (χ0v) is 11.2. The Bertz CT molecular complexity index is 375. The van der Waals surface area contributed by atoms with Crippen LogP contribution in [-0.4, -0.2) is 64.8 Å². The van der Waals surface area contributed by atoms with E-state index in [9.17, 15) is 14.4 Å². The average molecular weight is 271 g/mol. The molecule has 2 aliphatic heterocycles. The smallest absolute Gasteiger partial charge is 0.242 e. The molecule has 18 heavy (non-hydrogen) atoms. The van der Waals surface area contributed by atoms with Crippen molar-refractivity contribution in [3.05, 3.63) is 0 Å². The van der Waals surface area contributed by atoms with Crippen molar-refractivity contribution >= 4 is 29.5 Å². The lowest BCUT2D eigenvalue weighted by molar-refractivity contribution is -0.145. The van der Waals surface area contributed by atoms with Crippen molar-refractivity contribution in [2.24, 2.45) is 0 Å². The Morgan fingerprint density at radius 1 is 1.50 bits per heavy atom. The number of carbonyl (C=O) groups is 3. The van der Waals surface area contributed by atoms with Gasteiger partial charge in [0.25, 0.3) is 0 Å². The van der Waals surface area contributed by atoms with Crippen LogP contribution >= 0.6 is 11.8 Å². The summed E-state index contributed by atoms with van der Waals surface area (Å²) in [6, 6.07) is -0.392. The fraction of sp³-hybridized carbons (Fsp3) is 0.727. The van der Waals surface area contributed by atoms with E-state index in [4.69, 9.17) is 0 Å². The van der Waals surface area contributed by atoms with E-state index < -0.39 is 6.04 Å². The molecule has 0 radical (unpaired) electrons. The molecular formula is C11H17N3O3S. The molecule has 7 heteroatoms. The van der Waals surface area contributed by atoms with Crippen molar-refractivity contribution in [3.63, 3.8) is 0 Å². The second-order valence-corrected chi connectivity index (χ2v) is 5.33. The fourth-order valence-corrected chi connectivity index (χ4v) is 3.12. The third-order valence-electron chi connectivity index (χ3n) is 3.19. The van der Waals surface area contributed by atoms with Crippen LogP contribution in [0.1, 0.15) is 13.3 Å². The molecule has 1 N–H and O–H groups in total. The monoisotopic (exact) mass is 271 g/mol. The summed E-state index contributed by atoms with van der Waals surface area (Å²) in [5.74, 6) is 0.793. The van der Waals surface area contributed by atoms with Gasteiger partial charge in [-0.3, -0.25) is 14.4 Å². The van der Waals surface area contributed by atoms with Crippen LogP contribution in [0.3, 0.4) is 0 Å². The molecule has 0 aromatic carbocycles. The lowest BCUT2D eigenvalue weighted by Gasteiger charge is -2.35. The highest BCUT2D eigenvalue weighted by atomic mass is 32.2. The maximum atomic E-state index is 12.2. The van der Waals surface area contributed by atoms with Crippen LogP contribution in [0.5, 0.6) is 0 Å². The van der Waals surface area contributed by atoms with Gasteiger partial charge in [-0.25, -0.2) is 0 Å². The Hall–Kier alpha value is -1.24. The molecule has 0 aromatic heterocycles. The molecule has 2 saturated heterocycles. The van der Waals surface area contributed by atoms with Crippen LogP contribution in [-0.2, 0) is 14.4 Å². The third kappa shape index (κ3) is 2.60. The molecule has 0 spiro atoms. The minimum absolute atomic E-state index is 0.00265. The first-order valence-electron chi connectivity index (χ1n) is 6.06. The van der Waals surface area contributed by atoms with Crippen molar-refractivity contribution in [2.75, 3.05) is 31.3 Å². The summed E-state index contributed by atoms with van der Waals surface area (Å²) in [5.41, 5.74) is 0. The second-order valence-electron chi connectivity index (χ2n) is 4.37. The second kappa shape index (κ2) is 5.60. The van der Waals surface area contributed by atoms with Crippen molar-refractivity contribution < 1.29 is 14.4 Å². The highest BCUT2D eigenvalue weighted by Gasteiger charge is 2.33. The van der Waals surface area contributed by atoms with E-state index in [1.165, 1.54) is 11.8 Å². The summed E-state index contributed by atoms with van der Waals surface area (Å²) in [5, 5.41) is 2.75. The van der Waals surface area contributed by atoms with Crippen LogP contribution in [0.4, 0.5) is 0 Å². The van der Waals surface area contributed by atoms with Gasteiger partial charge in [0.05, 0.1) is 11.6 Å². The average Bonchev–Trinajstić information content (AvgIpc) is 2.74. The summed E-state index contributed by atoms with van der Waals surface area (Å²) in [6.07, 6.45) is 0.597. The quantitative estimate of drug-likeness (QED) is 0.734. The Labute approximate surface area is 110 Å². The number of nitrogens with zero attached hydrogens (tertiary/aromatic N) is 2. The molecule has 1 unspecified atom stereocenters. The van der Waals surface area contributed by atoms with Crippen LogP contribution in [0.25, 0.3) is 0 Å². The van der Waals surface area contributed by atoms with Gasteiger partial charge in [-0.1, -0.05) is 6.92 Å². The van der Waals surface area contributed by atoms with E-state index in [0.29, 0.717) is 31.1 Å². The number of amides is 3. The zero-order valence-electron chi connectivity index (χ0n) is 10.3. The standard InChI is InChI=1S/C11H17N3O3S/c1-2-8-11(17)12-3-4-14(8)9(15)5-13-7-18-6-10(13)16/h8H,2-7H2,1H3,(H,12,17). The first kappa shape index (κ1) is 13.2. The van der Waals surface area contributed by atoms with Gasteiger partial charge in [-0.05, 0) is 6.42 Å². The van der Waals surface area contributed by atoms with Crippen molar-refractivity contribution in [3.8, 4) is 0 Å². The van der Waals surface area contributed by atoms with Gasteiger partial charge in [-0.2, -0.15) is 0 Å². The van der Waals surface area contributed by atoms with Gasteiger partial charge in [0, 0.05) is 13.1 Å². The zero-order chi connectivity index (χ0) is 13.1. The molecule has 3 amide bonds. The molecule has 6 nitrogen and oxygen atoms in total. The van der Waals surface area contributed by atoms with Gasteiger partial charge in [-0.15, -0.1) is 11.8 Å². The maximum absolute atomic E-state index is 12.2. The SMILES string of the molecule is CCC1C(=O)NCCN1C(=O)CN1CSCC1=O. The van der Waals surface area contributed by atoms with Crippen LogP contribution in [0.15, 0.2) is 0 Å². The molecule has 0 aliphatic carbocycles. The van der Waals surface area contributed by atoms with E-state index in [2.05, 4.69) is 5.32 Å². The maximum Gasteiger partial charge on any atom is 0.242 e. The van der Waals surface area contributed by atoms with Crippen molar-refractivity contribution in [1.82, 2.24) is 15.1 Å². The largest absolute Gasteiger partial charge is 0.353 e. The van der Waals surface area contributed by atoms with E-state index in [-0.39, 0.29) is 24.3 Å². The first-order chi connectivity index (χ1) is 8.63. The molecule has 0 bridgehead atoms. The minimum Gasteiger partial charge on any atom is -0.353 e. The van der Waals surface area contributed by atoms with Crippen LogP contribution in [0.2, 0.25) is 0 Å². The third-order valence-corrected chi connectivity index (χ3v) is 4.13. The van der Waals surface area contributed by atoms with Gasteiger partial charge < -0.3 is 15.1 Å². The van der Waals surface area contributed by atoms with Crippen LogP contribution in [0, 0.1) is 0 Å². The number of hydrogen-bond acceptors (Lipinski definition) is 4. The summed E-state index contributed by atoms with van der Waals surface area (Å²) < 4.78 is 0. The molecule has 1 atom stereocenters. The van der Waals surface area contributed by atoms with E-state index >= 15 is 0 Å². The normalized spacial score (nSPS) is 24.4. The van der Waals surface area contributed by atoms with Gasteiger partial charge >= 0.3 is 0 Å². The van der Waals surface area contributed by atoms with Crippen molar-refractivity contribution in [1.29, 1.82) is 0 Å². The minimum atomic E-state index is -0.392. The van der Waals surface area contributed by atoms with Gasteiger partial charge in [0.2, 0.25) is 17.7 Å². The number of hydrogen-bond donors (Lipinski definition) is 1. The molecule has 2 fully saturated rings. The van der Waals surface area contributed by atoms with E-state index in [1.807, 2.05) is 6.92 Å². The van der Waals surface area contributed by atoms with E-state index in [1.54, 1.807) is 9.80 Å². The number of piperazine rings is 1. The number of thioether (sulfide) groups is 1. The molecule has 2 heterocycles. The summed E-state index contributed by atoms with van der Waals surface area (Å²) in [7, 11) is 0. The molecule has 0 aromatic rings. The van der Waals surface area contributed by atoms with Gasteiger partial charge in [0.15, 0.2) is 0 Å². The number of nitrogens with one attached hydrogen (secondary N) is 1. The molecular weight excluding hydrogens is 254 g/mol. The molecule has 100 valence electrons. The summed E-state index contributed by atoms with van der Waals surface area (Å²) >= 11 is 1.51. The lowest BCUT2D eigenvalue weighted by Crippen LogP contribution is -2.58. The highest BCUT2D eigenvalue weighted by molar-refractivity contribution is 8.00. The van der Waals surface area contributed by atoms with E-state index in [0.717, 1.165) is 0 Å². The predicted octanol–water partition coefficient (Wildman–Crippen LogP) is -0.744. The predicted molar refractivity (Wildman–Crippen MR) is 67.8 cm³/mol. The highest BCUT2D eigenvalue weighted by Crippen LogP contribution is 2.16. The Balaban J connectivity index is 1.98. The Morgan fingerprint density at radius 2 is 2.28 bits per heavy atom. The van der Waals surface area contributed by atoms with Crippen molar-refractivity contribution in [2.45, 2.75) is 19.4 Å². The topological polar surface area (TPSA) is 69.7 Å². The fourth-order valence-electron chi connectivity index (χ4n) is 2.21. The Morgan fingerprint density at radius 3 is 2.89 bits per heavy atom.